The Morgan fingerprint density at radius 1 is 0.416 bits per heavy atom. The minimum Gasteiger partial charge on any atom is -0.458 e. The topological polar surface area (TPSA) is 523 Å². The number of nitrogens with one attached hydrogen (secondary N) is 2. The van der Waals surface area contributed by atoms with Gasteiger partial charge in [-0.3, -0.25) is 19.6 Å². The second kappa shape index (κ2) is 93.8. The van der Waals surface area contributed by atoms with Gasteiger partial charge in [-0.25, -0.2) is 9.63 Å². The van der Waals surface area contributed by atoms with Gasteiger partial charge in [0.25, 0.3) is 11.8 Å². The number of esters is 1. The number of hydroxylamine groups is 2. The van der Waals surface area contributed by atoms with Crippen LogP contribution in [0.1, 0.15) is 50.3 Å². The summed E-state index contributed by atoms with van der Waals surface area (Å²) in [5.74, 6) is -1.99. The maximum absolute atomic E-state index is 11.9. The number of aliphatic hydroxyl groups excluding tert-OH is 11. The fraction of sp³-hybridized carbons (Fsp3) is 0.714. The van der Waals surface area contributed by atoms with E-state index in [1.54, 1.807) is 0 Å². The molecular formula is C77H146ClI3N3O36P17. The van der Waals surface area contributed by atoms with Crippen molar-refractivity contribution in [1.29, 1.82) is 1.28 Å². The molecule has 0 aliphatic carbocycles. The molecule has 0 bridgehead atoms. The maximum Gasteiger partial charge on any atom is 0.332 e. The van der Waals surface area contributed by atoms with Crippen LogP contribution in [0.25, 0.3) is 0 Å². The van der Waals surface area contributed by atoms with Crippen molar-refractivity contribution in [3.8, 4) is 0 Å². The first-order valence-corrected chi connectivity index (χ1v) is 75.9. The van der Waals surface area contributed by atoms with Crippen LogP contribution < -0.4 is 10.2 Å². The largest absolute Gasteiger partial charge is 0.458 e. The number of aliphatic hydroxyl groups is 11. The van der Waals surface area contributed by atoms with Gasteiger partial charge in [0.15, 0.2) is 12.6 Å². The summed E-state index contributed by atoms with van der Waals surface area (Å²) in [6.07, 6.45) is -10.3. The molecule has 3 saturated heterocycles. The van der Waals surface area contributed by atoms with Crippen LogP contribution in [0.2, 0.25) is 0 Å². The van der Waals surface area contributed by atoms with Crippen LogP contribution >= 0.6 is 217 Å². The molecule has 15 unspecified atom stereocenters. The first-order valence-electron chi connectivity index (χ1n) is 42.9. The van der Waals surface area contributed by atoms with Crippen LogP contribution in [-0.2, 0) is 134 Å². The summed E-state index contributed by atoms with van der Waals surface area (Å²) in [5.41, 5.74) is 2.96. The van der Waals surface area contributed by atoms with Crippen LogP contribution in [0.3, 0.4) is 0 Å². The van der Waals surface area contributed by atoms with Gasteiger partial charge in [0.1, 0.15) is 67.5 Å². The molecule has 798 valence electrons. The van der Waals surface area contributed by atoms with Crippen molar-refractivity contribution >= 4 is 240 Å². The summed E-state index contributed by atoms with van der Waals surface area (Å²) in [4.78, 5) is 45.9. The van der Waals surface area contributed by atoms with Gasteiger partial charge in [-0.05, 0) is 210 Å². The molecule has 3 aromatic carbocycles. The highest BCUT2D eigenvalue weighted by atomic mass is 127. The van der Waals surface area contributed by atoms with Gasteiger partial charge in [-0.1, -0.05) is 36.4 Å². The van der Waals surface area contributed by atoms with E-state index in [-0.39, 0.29) is 119 Å². The minimum atomic E-state index is -1.57. The summed E-state index contributed by atoms with van der Waals surface area (Å²) < 4.78 is 118. The molecule has 0 aromatic heterocycles. The molecule has 0 saturated carbocycles. The summed E-state index contributed by atoms with van der Waals surface area (Å²) in [7, 11) is 26.5. The van der Waals surface area contributed by atoms with Gasteiger partial charge in [0, 0.05) is 23.6 Å². The van der Waals surface area contributed by atoms with E-state index in [1.807, 2.05) is 45.0 Å². The highest BCUT2D eigenvalue weighted by molar-refractivity contribution is 14.1. The number of imide groups is 1. The lowest BCUT2D eigenvalue weighted by Crippen LogP contribution is -2.64. The zero-order valence-electron chi connectivity index (χ0n) is 78.1. The zero-order chi connectivity index (χ0) is 103. The number of benzene rings is 3. The SMILES string of the molecule is CC(C)(C)OC(=O)COCCOCCOCCOCCOCc1ccc(I)cc1.O=C(COCCOCCOCCOCCOCc1ccc(I)cc1)NC1C(O)O[C@H](CO)[C@@H](O)[C@@H]1O.O=C1CCC(=O)N1O.OCCOCCOCCOCCO.OCCOCCOCCOCCOCc1ccc(I)cc1.OC[C@H]1OC(O)[C@H](NCl)[C@@H](O)[C@@H]1O.[3H]P(P(P(P)P)P(P)P)P(P(P)P)P(P)P(P)P. The fourth-order valence-corrected chi connectivity index (χ4v) is 149. The van der Waals surface area contributed by atoms with Gasteiger partial charge < -0.3 is 156 Å². The third kappa shape index (κ3) is 77.3. The zero-order valence-corrected chi connectivity index (χ0v) is 102. The van der Waals surface area contributed by atoms with Gasteiger partial charge in [0.2, 0.25) is 5.91 Å². The molecule has 3 fully saturated rings. The molecule has 3 heterocycles. The van der Waals surface area contributed by atoms with Gasteiger partial charge in [-0.2, -0.15) is 5.06 Å². The van der Waals surface area contributed by atoms with Crippen LogP contribution in [0, 0.1) is 10.7 Å². The predicted molar refractivity (Wildman–Crippen MR) is 597 cm³/mol. The van der Waals surface area contributed by atoms with Crippen molar-refractivity contribution in [1.82, 2.24) is 15.2 Å². The Morgan fingerprint density at radius 2 is 0.679 bits per heavy atom. The Kier molecular flexibility index (Phi) is 95.4. The number of hydrogen-bond donors (Lipinski definition) is 14. The number of amides is 3. The average Bonchev–Trinajstić information content (AvgIpc) is 0.958. The lowest BCUT2D eigenvalue weighted by molar-refractivity contribution is -0.254. The minimum absolute atomic E-state index is 0.0413. The quantitative estimate of drug-likeness (QED) is 0.00475. The van der Waals surface area contributed by atoms with E-state index in [2.05, 4.69) is 207 Å². The lowest BCUT2D eigenvalue weighted by Gasteiger charge is -2.40. The fourth-order valence-electron chi connectivity index (χ4n) is 9.78. The Hall–Kier alpha value is 4.25. The molecule has 6 rings (SSSR count). The molecule has 60 heteroatoms. The molecule has 3 aliphatic rings. The molecule has 39 nitrogen and oxygen atoms in total. The molecule has 0 radical (unpaired) electrons. The van der Waals surface area contributed by atoms with Crippen molar-refractivity contribution in [3.05, 3.63) is 100 Å². The summed E-state index contributed by atoms with van der Waals surface area (Å²) in [5, 5.41) is 111. The highest BCUT2D eigenvalue weighted by Gasteiger charge is 2.45. The molecule has 3 amide bonds. The maximum atomic E-state index is 11.9. The van der Waals surface area contributed by atoms with E-state index in [0.29, 0.717) is 198 Å². The Balaban J connectivity index is 0.00000166. The normalized spacial score (nSPS) is 19.5. The number of ether oxygens (including phenoxy) is 20. The third-order valence-corrected chi connectivity index (χ3v) is 115. The van der Waals surface area contributed by atoms with E-state index in [9.17, 15) is 49.8 Å². The Morgan fingerprint density at radius 3 is 0.927 bits per heavy atom. The van der Waals surface area contributed by atoms with E-state index in [1.165, 1.54) is 16.3 Å². The third-order valence-electron chi connectivity index (χ3n) is 16.4. The second-order valence-electron chi connectivity index (χ2n) is 28.5. The van der Waals surface area contributed by atoms with Crippen LogP contribution in [0.4, 0.5) is 0 Å². The highest BCUT2D eigenvalue weighted by Crippen LogP contribution is 3.19. The smallest absolute Gasteiger partial charge is 0.332 e. The number of carbonyl (C=O) groups is 4. The second-order valence-corrected chi connectivity index (χ2v) is 96.6. The van der Waals surface area contributed by atoms with E-state index in [4.69, 9.17) is 139 Å². The first-order chi connectivity index (χ1) is 66.0. The summed E-state index contributed by atoms with van der Waals surface area (Å²) in [6.45, 7) is 18.3. The number of hydrogen-bond acceptors (Lipinski definition) is 37. The summed E-state index contributed by atoms with van der Waals surface area (Å²) >= 11 is 12.0. The van der Waals surface area contributed by atoms with E-state index in [0.717, 1.165) is 11.1 Å². The molecule has 3 aromatic rings. The number of nitrogens with zero attached hydrogens (tertiary/aromatic N) is 1. The van der Waals surface area contributed by atoms with Gasteiger partial charge in [0.05, 0.1) is 246 Å². The van der Waals surface area contributed by atoms with Crippen LogP contribution in [0.5, 0.6) is 0 Å². The number of rotatable bonds is 66. The van der Waals surface area contributed by atoms with Crippen molar-refractivity contribution in [2.75, 3.05) is 238 Å². The number of halogens is 4. The van der Waals surface area contributed by atoms with Crippen LogP contribution in [0.15, 0.2) is 72.8 Å². The molecule has 22 atom stereocenters. The summed E-state index contributed by atoms with van der Waals surface area (Å²) in [6, 6.07) is 22.4. The Bertz CT molecular complexity index is 3400. The molecule has 14 N–H and O–H groups in total. The van der Waals surface area contributed by atoms with Crippen molar-refractivity contribution in [2.45, 2.75) is 120 Å². The van der Waals surface area contributed by atoms with Gasteiger partial charge in [-0.15, -0.1) is 80.4 Å². The molecule has 0 spiro atoms. The van der Waals surface area contributed by atoms with E-state index < -0.39 is 106 Å². The first kappa shape index (κ1) is 139. The van der Waals surface area contributed by atoms with Crippen molar-refractivity contribution in [2.24, 2.45) is 0 Å². The van der Waals surface area contributed by atoms with E-state index >= 15 is 0 Å². The average molecular weight is 2630 g/mol. The monoisotopic (exact) mass is 2630 g/mol. The van der Waals surface area contributed by atoms with Crippen molar-refractivity contribution < 1.29 is 175 Å². The predicted octanol–water partition coefficient (Wildman–Crippen LogP) is 9.49. The Labute approximate surface area is 883 Å². The molecular weight excluding hydrogens is 2490 g/mol. The molecule has 137 heavy (non-hydrogen) atoms. The van der Waals surface area contributed by atoms with Gasteiger partial charge >= 0.3 is 5.97 Å². The van der Waals surface area contributed by atoms with Crippen LogP contribution in [-0.4, -0.2) is 396 Å². The van der Waals surface area contributed by atoms with Crippen molar-refractivity contribution in [3.63, 3.8) is 0 Å². The lowest BCUT2D eigenvalue weighted by atomic mass is 9.97. The molecule has 3 aliphatic heterocycles. The number of carbonyl (C=O) groups excluding carboxylic acids is 4. The standard InChI is InChI=1S/C23H36INO11.C21H33IO7.C15H23IO5.C8H18O5.C6H12ClNO5.C4H5NO3.H19P17/c24-17-3-1-16(2-4-17)14-34-11-9-32-7-5-31-6-8-33-10-12-35-15-19(27)25-20-22(29)21(28)18(13-26)36-23(20)30;1-21(2,3)29-20(23)17-28-15-13-26-11-9-24-8-10-25-12-14-27-16-18-4-6-19(22)7-5-18;16-15-3-1-14(2-4-15)13-21-12-11-20-10-9-19-8-7-18-6-5-17;9-1-3-11-5-7-13-8-6-12-4-2-10;7-8-3-5(11)4(10)2(1-9)13-6(3)12;6-3-1-2-4(7)5(3)8;1-11(2)15(9)17(14(7)8)10-16(12(3)4)13(5)6/h1-4,18,20-23,26,28-30H,5-15H2,(H,25,27);4-7H,8-17H2,1-3H3;1-4,17H,5-13H2;9-10H,1-8H2;2-6,8-12H,1H2;8H,1-2H2;10H,1-9H2/t18-,20?,21-,22-,23?;;;;2-,3-,4-,5-,6?;;/m1...1../s1/i;;;;;;10T.